The molecule has 0 amide bonds. The van der Waals surface area contributed by atoms with Crippen molar-refractivity contribution in [3.8, 4) is 5.75 Å². The van der Waals surface area contributed by atoms with E-state index in [1.807, 2.05) is 0 Å². The summed E-state index contributed by atoms with van der Waals surface area (Å²) in [6.07, 6.45) is 0. The van der Waals surface area contributed by atoms with E-state index in [1.165, 1.54) is 31.4 Å². The quantitative estimate of drug-likeness (QED) is 0.848. The molecule has 21 heavy (non-hydrogen) atoms. The number of anilines is 1. The van der Waals surface area contributed by atoms with E-state index in [0.717, 1.165) is 0 Å². The van der Waals surface area contributed by atoms with Gasteiger partial charge < -0.3 is 15.2 Å². The molecule has 0 heterocycles. The third kappa shape index (κ3) is 3.44. The van der Waals surface area contributed by atoms with Crippen LogP contribution in [0, 0.1) is 5.82 Å². The summed E-state index contributed by atoms with van der Waals surface area (Å²) in [6, 6.07) is 8.57. The molecule has 0 atom stereocenters. The van der Waals surface area contributed by atoms with Gasteiger partial charge in [-0.25, -0.2) is 9.18 Å². The van der Waals surface area contributed by atoms with Gasteiger partial charge in [-0.1, -0.05) is 17.7 Å². The van der Waals surface area contributed by atoms with E-state index in [2.05, 4.69) is 10.1 Å². The van der Waals surface area contributed by atoms with Crippen molar-refractivity contribution in [2.45, 2.75) is 6.54 Å². The number of methoxy groups -OCH3 is 1. The number of nitrogens with one attached hydrogen (secondary N) is 1. The van der Waals surface area contributed by atoms with Crippen molar-refractivity contribution in [1.82, 2.24) is 0 Å². The Labute approximate surface area is 126 Å². The molecule has 0 unspecified atom stereocenters. The monoisotopic (exact) mass is 309 g/mol. The van der Waals surface area contributed by atoms with E-state index < -0.39 is 11.8 Å². The van der Waals surface area contributed by atoms with Gasteiger partial charge in [0.1, 0.15) is 11.6 Å². The molecule has 2 rings (SSSR count). The van der Waals surface area contributed by atoms with Crippen LogP contribution in [0.1, 0.15) is 15.9 Å². The van der Waals surface area contributed by atoms with Crippen LogP contribution in [0.3, 0.4) is 0 Å². The molecular formula is C15H13ClFNO3. The molecule has 0 aliphatic rings. The van der Waals surface area contributed by atoms with Gasteiger partial charge in [0.15, 0.2) is 0 Å². The molecular weight excluding hydrogens is 297 g/mol. The maximum Gasteiger partial charge on any atom is 0.337 e. The Morgan fingerprint density at radius 2 is 2.14 bits per heavy atom. The van der Waals surface area contributed by atoms with Gasteiger partial charge in [-0.05, 0) is 30.3 Å². The predicted octanol–water partition coefficient (Wildman–Crippen LogP) is 3.58. The number of rotatable bonds is 4. The fourth-order valence-corrected chi connectivity index (χ4v) is 2.05. The molecule has 0 radical (unpaired) electrons. The number of carbonyl (C=O) groups excluding carboxylic acids is 1. The molecule has 0 fully saturated rings. The molecule has 0 aromatic heterocycles. The molecule has 0 saturated heterocycles. The van der Waals surface area contributed by atoms with Crippen molar-refractivity contribution < 1.29 is 19.0 Å². The lowest BCUT2D eigenvalue weighted by Gasteiger charge is -2.11. The first-order valence-corrected chi connectivity index (χ1v) is 6.49. The lowest BCUT2D eigenvalue weighted by molar-refractivity contribution is 0.0600. The highest BCUT2D eigenvalue weighted by Crippen LogP contribution is 2.27. The number of halogens is 2. The van der Waals surface area contributed by atoms with Crippen LogP contribution in [0.4, 0.5) is 10.1 Å². The number of esters is 1. The first-order valence-electron chi connectivity index (χ1n) is 6.11. The van der Waals surface area contributed by atoms with Crippen LogP contribution in [-0.4, -0.2) is 18.2 Å². The van der Waals surface area contributed by atoms with Gasteiger partial charge in [0.2, 0.25) is 0 Å². The summed E-state index contributed by atoms with van der Waals surface area (Å²) in [6.45, 7) is 0.118. The fraction of sp³-hybridized carbons (Fsp3) is 0.133. The second kappa shape index (κ2) is 6.45. The number of phenols is 1. The minimum atomic E-state index is -0.557. The van der Waals surface area contributed by atoms with Gasteiger partial charge in [-0.2, -0.15) is 0 Å². The zero-order valence-corrected chi connectivity index (χ0v) is 11.9. The van der Waals surface area contributed by atoms with E-state index >= 15 is 0 Å². The van der Waals surface area contributed by atoms with Crippen LogP contribution >= 0.6 is 11.6 Å². The number of carbonyl (C=O) groups is 1. The lowest BCUT2D eigenvalue weighted by atomic mass is 10.1. The average molecular weight is 310 g/mol. The summed E-state index contributed by atoms with van der Waals surface area (Å²) in [5.74, 6) is -1.06. The zero-order chi connectivity index (χ0) is 15.4. The molecule has 0 aliphatic carbocycles. The normalized spacial score (nSPS) is 10.2. The maximum atomic E-state index is 13.7. The third-order valence-electron chi connectivity index (χ3n) is 2.94. The Morgan fingerprint density at radius 1 is 1.38 bits per heavy atom. The van der Waals surface area contributed by atoms with Crippen molar-refractivity contribution in [1.29, 1.82) is 0 Å². The van der Waals surface area contributed by atoms with Gasteiger partial charge >= 0.3 is 5.97 Å². The number of benzene rings is 2. The summed E-state index contributed by atoms with van der Waals surface area (Å²) in [5, 5.41) is 12.9. The number of hydrogen-bond acceptors (Lipinski definition) is 4. The summed E-state index contributed by atoms with van der Waals surface area (Å²) < 4.78 is 18.3. The first kappa shape index (κ1) is 15.1. The minimum absolute atomic E-state index is 0.0135. The van der Waals surface area contributed by atoms with Crippen molar-refractivity contribution in [2.75, 3.05) is 12.4 Å². The van der Waals surface area contributed by atoms with Crippen LogP contribution < -0.4 is 5.32 Å². The van der Waals surface area contributed by atoms with Gasteiger partial charge in [0.25, 0.3) is 0 Å². The largest absolute Gasteiger partial charge is 0.508 e. The first-order chi connectivity index (χ1) is 10.0. The third-order valence-corrected chi connectivity index (χ3v) is 3.29. The van der Waals surface area contributed by atoms with E-state index in [9.17, 15) is 14.3 Å². The zero-order valence-electron chi connectivity index (χ0n) is 11.2. The molecule has 2 N–H and O–H groups in total. The highest BCUT2D eigenvalue weighted by molar-refractivity contribution is 6.31. The van der Waals surface area contributed by atoms with Crippen LogP contribution in [0.25, 0.3) is 0 Å². The number of ether oxygens (including phenoxy) is 1. The molecule has 0 aliphatic heterocycles. The van der Waals surface area contributed by atoms with Gasteiger partial charge in [0, 0.05) is 17.1 Å². The van der Waals surface area contributed by atoms with Crippen LogP contribution in [0.2, 0.25) is 5.02 Å². The van der Waals surface area contributed by atoms with Crippen LogP contribution in [0.5, 0.6) is 5.75 Å². The van der Waals surface area contributed by atoms with E-state index in [1.54, 1.807) is 12.1 Å². The standard InChI is InChI=1S/C15H13ClFNO3/c1-21-15(20)9-5-6-12(17)13(7-9)18-8-10-11(16)3-2-4-14(10)19/h2-7,18-19H,8H2,1H3. The summed E-state index contributed by atoms with van der Waals surface area (Å²) in [4.78, 5) is 11.4. The minimum Gasteiger partial charge on any atom is -0.508 e. The number of aromatic hydroxyl groups is 1. The Morgan fingerprint density at radius 3 is 2.81 bits per heavy atom. The molecule has 2 aromatic rings. The van der Waals surface area contributed by atoms with Gasteiger partial charge in [-0.3, -0.25) is 0 Å². The summed E-state index contributed by atoms with van der Waals surface area (Å²) in [5.41, 5.74) is 0.795. The van der Waals surface area contributed by atoms with Crippen molar-refractivity contribution in [2.24, 2.45) is 0 Å². The molecule has 110 valence electrons. The Bertz CT molecular complexity index is 656. The van der Waals surface area contributed by atoms with E-state index in [-0.39, 0.29) is 23.5 Å². The molecule has 0 saturated carbocycles. The van der Waals surface area contributed by atoms with Gasteiger partial charge in [0.05, 0.1) is 18.4 Å². The molecule has 0 spiro atoms. The van der Waals surface area contributed by atoms with Crippen molar-refractivity contribution >= 4 is 23.3 Å². The SMILES string of the molecule is COC(=O)c1ccc(F)c(NCc2c(O)cccc2Cl)c1. The number of phenolic OH excluding ortho intramolecular Hbond substituents is 1. The average Bonchev–Trinajstić information content (AvgIpc) is 2.47. The lowest BCUT2D eigenvalue weighted by Crippen LogP contribution is -2.06. The summed E-state index contributed by atoms with van der Waals surface area (Å²) in [7, 11) is 1.25. The Balaban J connectivity index is 2.22. The van der Waals surface area contributed by atoms with Gasteiger partial charge in [-0.15, -0.1) is 0 Å². The second-order valence-electron chi connectivity index (χ2n) is 4.28. The second-order valence-corrected chi connectivity index (χ2v) is 4.68. The molecule has 2 aromatic carbocycles. The van der Waals surface area contributed by atoms with Crippen molar-refractivity contribution in [3.63, 3.8) is 0 Å². The highest BCUT2D eigenvalue weighted by atomic mass is 35.5. The molecule has 4 nitrogen and oxygen atoms in total. The number of hydrogen-bond donors (Lipinski definition) is 2. The fourth-order valence-electron chi connectivity index (χ4n) is 1.81. The van der Waals surface area contributed by atoms with Crippen LogP contribution in [0.15, 0.2) is 36.4 Å². The van der Waals surface area contributed by atoms with Crippen LogP contribution in [-0.2, 0) is 11.3 Å². The Hall–Kier alpha value is -2.27. The Kier molecular flexibility index (Phi) is 4.65. The summed E-state index contributed by atoms with van der Waals surface area (Å²) >= 11 is 5.97. The predicted molar refractivity (Wildman–Crippen MR) is 78.2 cm³/mol. The van der Waals surface area contributed by atoms with E-state index in [0.29, 0.717) is 10.6 Å². The van der Waals surface area contributed by atoms with Crippen molar-refractivity contribution in [3.05, 3.63) is 58.4 Å². The van der Waals surface area contributed by atoms with E-state index in [4.69, 9.17) is 11.6 Å². The smallest absolute Gasteiger partial charge is 0.337 e. The topological polar surface area (TPSA) is 58.6 Å². The molecule has 0 bridgehead atoms. The maximum absolute atomic E-state index is 13.7. The molecule has 6 heteroatoms. The highest BCUT2D eigenvalue weighted by Gasteiger charge is 2.11.